The number of rotatable bonds is 8. The molecule has 0 saturated carbocycles. The Morgan fingerprint density at radius 2 is 1.92 bits per heavy atom. The fraction of sp³-hybridized carbons (Fsp3) is 0.267. The van der Waals surface area contributed by atoms with Gasteiger partial charge in [-0.25, -0.2) is 4.98 Å². The molecule has 0 aliphatic heterocycles. The third-order valence-electron chi connectivity index (χ3n) is 6.57. The fourth-order valence-corrected chi connectivity index (χ4v) is 4.23. The summed E-state index contributed by atoms with van der Waals surface area (Å²) in [7, 11) is 1.93. The monoisotopic (exact) mass is 493 g/mol. The maximum absolute atomic E-state index is 13.5. The number of hydrogen-bond donors (Lipinski definition) is 2. The smallest absolute Gasteiger partial charge is 0.265 e. The predicted molar refractivity (Wildman–Crippen MR) is 147 cm³/mol. The summed E-state index contributed by atoms with van der Waals surface area (Å²) in [6.07, 6.45) is 3.39. The maximum atomic E-state index is 13.5. The van der Waals surface area contributed by atoms with Crippen LogP contribution in [0, 0.1) is 18.3 Å². The number of carbonyl (C=O) groups excluding carboxylic acids is 1. The van der Waals surface area contributed by atoms with Gasteiger partial charge >= 0.3 is 0 Å². The van der Waals surface area contributed by atoms with E-state index in [9.17, 15) is 14.9 Å². The molecule has 0 unspecified atom stereocenters. The Kier molecular flexibility index (Phi) is 7.51. The quantitative estimate of drug-likeness (QED) is 0.340. The standard InChI is InChI=1S/C30H31N5O2/c1-20-10-12-24(34-28(36)22-8-5-9-23(16-22)30(2,3)18-31)17-27(20)35-19-33-26-13-11-21(7-6-14-32-4)15-25(26)29(35)37/h5,8-13,15-17,19,32H,6-7,14H2,1-4H3,(H,34,36). The second-order valence-electron chi connectivity index (χ2n) is 9.75. The third-order valence-corrected chi connectivity index (χ3v) is 6.57. The van der Waals surface area contributed by atoms with Crippen molar-refractivity contribution in [1.29, 1.82) is 5.26 Å². The number of hydrogen-bond acceptors (Lipinski definition) is 5. The molecule has 37 heavy (non-hydrogen) atoms. The molecular weight excluding hydrogens is 462 g/mol. The van der Waals surface area contributed by atoms with Gasteiger partial charge < -0.3 is 10.6 Å². The molecule has 7 heteroatoms. The summed E-state index contributed by atoms with van der Waals surface area (Å²) >= 11 is 0. The van der Waals surface area contributed by atoms with E-state index in [1.165, 1.54) is 10.9 Å². The van der Waals surface area contributed by atoms with Crippen LogP contribution in [0.2, 0.25) is 0 Å². The van der Waals surface area contributed by atoms with Gasteiger partial charge in [0.2, 0.25) is 0 Å². The van der Waals surface area contributed by atoms with Crippen molar-refractivity contribution in [2.24, 2.45) is 0 Å². The van der Waals surface area contributed by atoms with Crippen LogP contribution in [0.3, 0.4) is 0 Å². The van der Waals surface area contributed by atoms with Crippen LogP contribution in [0.5, 0.6) is 0 Å². The van der Waals surface area contributed by atoms with Crippen LogP contribution in [0.15, 0.2) is 71.8 Å². The molecule has 0 atom stereocenters. The topological polar surface area (TPSA) is 99.8 Å². The van der Waals surface area contributed by atoms with Crippen LogP contribution in [0.1, 0.15) is 47.3 Å². The van der Waals surface area contributed by atoms with Gasteiger partial charge in [0.15, 0.2) is 0 Å². The summed E-state index contributed by atoms with van der Waals surface area (Å²) < 4.78 is 1.53. The number of carbonyl (C=O) groups is 1. The molecule has 188 valence electrons. The third kappa shape index (κ3) is 5.60. The van der Waals surface area contributed by atoms with Gasteiger partial charge in [-0.05, 0) is 100 Å². The summed E-state index contributed by atoms with van der Waals surface area (Å²) in [5, 5.41) is 16.1. The first kappa shape index (κ1) is 25.8. The van der Waals surface area contributed by atoms with Crippen molar-refractivity contribution in [3.8, 4) is 11.8 Å². The summed E-state index contributed by atoms with van der Waals surface area (Å²) in [6, 6.07) is 20.6. The van der Waals surface area contributed by atoms with Gasteiger partial charge in [0.05, 0.1) is 28.1 Å². The Hall–Kier alpha value is -4.28. The van der Waals surface area contributed by atoms with E-state index in [0.29, 0.717) is 27.8 Å². The normalized spacial score (nSPS) is 11.3. The summed E-state index contributed by atoms with van der Waals surface area (Å²) in [5.41, 5.74) is 4.21. The Balaban J connectivity index is 1.65. The predicted octanol–water partition coefficient (Wildman–Crippen LogP) is 4.90. The fourth-order valence-electron chi connectivity index (χ4n) is 4.23. The minimum absolute atomic E-state index is 0.154. The lowest BCUT2D eigenvalue weighted by molar-refractivity contribution is 0.102. The Labute approximate surface area is 216 Å². The number of benzene rings is 3. The van der Waals surface area contributed by atoms with Gasteiger partial charge in [0.1, 0.15) is 6.33 Å². The van der Waals surface area contributed by atoms with Crippen molar-refractivity contribution < 1.29 is 4.79 Å². The molecule has 7 nitrogen and oxygen atoms in total. The van der Waals surface area contributed by atoms with Crippen molar-refractivity contribution >= 4 is 22.5 Å². The highest BCUT2D eigenvalue weighted by molar-refractivity contribution is 6.04. The molecule has 4 aromatic rings. The SMILES string of the molecule is CNCCCc1ccc2ncn(-c3cc(NC(=O)c4cccc(C(C)(C)C#N)c4)ccc3C)c(=O)c2c1. The van der Waals surface area contributed by atoms with E-state index in [1.54, 1.807) is 30.3 Å². The molecule has 1 amide bonds. The van der Waals surface area contributed by atoms with Crippen LogP contribution in [0.25, 0.3) is 16.6 Å². The van der Waals surface area contributed by atoms with Gasteiger partial charge in [0, 0.05) is 11.3 Å². The van der Waals surface area contributed by atoms with Crippen LogP contribution >= 0.6 is 0 Å². The highest BCUT2D eigenvalue weighted by Crippen LogP contribution is 2.24. The lowest BCUT2D eigenvalue weighted by Crippen LogP contribution is -2.20. The lowest BCUT2D eigenvalue weighted by atomic mass is 9.85. The second-order valence-corrected chi connectivity index (χ2v) is 9.75. The zero-order valence-electron chi connectivity index (χ0n) is 21.6. The molecule has 0 radical (unpaired) electrons. The summed E-state index contributed by atoms with van der Waals surface area (Å²) in [6.45, 7) is 6.46. The van der Waals surface area contributed by atoms with Gasteiger partial charge in [-0.1, -0.05) is 24.3 Å². The van der Waals surface area contributed by atoms with Crippen molar-refractivity contribution in [2.75, 3.05) is 18.9 Å². The average Bonchev–Trinajstić information content (AvgIpc) is 2.90. The van der Waals surface area contributed by atoms with E-state index in [-0.39, 0.29) is 11.5 Å². The molecule has 0 bridgehead atoms. The Morgan fingerprint density at radius 3 is 2.68 bits per heavy atom. The number of nitriles is 1. The van der Waals surface area contributed by atoms with Crippen molar-refractivity contribution in [2.45, 2.75) is 39.0 Å². The highest BCUT2D eigenvalue weighted by atomic mass is 16.1. The first-order valence-electron chi connectivity index (χ1n) is 12.3. The molecule has 4 rings (SSSR count). The Morgan fingerprint density at radius 1 is 1.11 bits per heavy atom. The van der Waals surface area contributed by atoms with E-state index in [4.69, 9.17) is 0 Å². The van der Waals surface area contributed by atoms with Gasteiger partial charge in [-0.2, -0.15) is 5.26 Å². The van der Waals surface area contributed by atoms with Crippen LogP contribution in [-0.4, -0.2) is 29.1 Å². The molecule has 0 aliphatic carbocycles. The maximum Gasteiger partial charge on any atom is 0.265 e. The minimum Gasteiger partial charge on any atom is -0.322 e. The number of anilines is 1. The zero-order valence-corrected chi connectivity index (χ0v) is 21.6. The largest absolute Gasteiger partial charge is 0.322 e. The number of amides is 1. The minimum atomic E-state index is -0.704. The molecule has 2 N–H and O–H groups in total. The molecule has 0 spiro atoms. The zero-order chi connectivity index (χ0) is 26.6. The van der Waals surface area contributed by atoms with Gasteiger partial charge in [-0.15, -0.1) is 0 Å². The summed E-state index contributed by atoms with van der Waals surface area (Å²) in [4.78, 5) is 31.0. The van der Waals surface area contributed by atoms with E-state index < -0.39 is 5.41 Å². The number of nitrogens with zero attached hydrogens (tertiary/aromatic N) is 3. The number of nitrogens with one attached hydrogen (secondary N) is 2. The Bertz CT molecular complexity index is 1560. The van der Waals surface area contributed by atoms with E-state index in [0.717, 1.165) is 36.1 Å². The molecule has 0 fully saturated rings. The number of aryl methyl sites for hydroxylation is 2. The van der Waals surface area contributed by atoms with E-state index >= 15 is 0 Å². The molecule has 1 heterocycles. The van der Waals surface area contributed by atoms with Crippen LogP contribution in [0.4, 0.5) is 5.69 Å². The highest BCUT2D eigenvalue weighted by Gasteiger charge is 2.21. The molecule has 3 aromatic carbocycles. The van der Waals surface area contributed by atoms with Crippen LogP contribution in [-0.2, 0) is 11.8 Å². The molecular formula is C30H31N5O2. The lowest BCUT2D eigenvalue weighted by Gasteiger charge is -2.17. The average molecular weight is 494 g/mol. The molecule has 1 aromatic heterocycles. The number of fused-ring (bicyclic) bond motifs is 1. The molecule has 0 aliphatic rings. The first-order chi connectivity index (χ1) is 17.7. The second kappa shape index (κ2) is 10.8. The first-order valence-corrected chi connectivity index (χ1v) is 12.3. The van der Waals surface area contributed by atoms with Gasteiger partial charge in [-0.3, -0.25) is 14.2 Å². The van der Waals surface area contributed by atoms with Gasteiger partial charge in [0.25, 0.3) is 11.5 Å². The van der Waals surface area contributed by atoms with Crippen molar-refractivity contribution in [3.63, 3.8) is 0 Å². The van der Waals surface area contributed by atoms with E-state index in [1.807, 2.05) is 58.2 Å². The van der Waals surface area contributed by atoms with E-state index in [2.05, 4.69) is 21.7 Å². The summed E-state index contributed by atoms with van der Waals surface area (Å²) in [5.74, 6) is -0.291. The van der Waals surface area contributed by atoms with Crippen LogP contribution < -0.4 is 16.2 Å². The van der Waals surface area contributed by atoms with Crippen molar-refractivity contribution in [1.82, 2.24) is 14.9 Å². The van der Waals surface area contributed by atoms with Crippen molar-refractivity contribution in [3.05, 3.63) is 99.6 Å². The number of aromatic nitrogens is 2. The molecule has 0 saturated heterocycles.